The van der Waals surface area contributed by atoms with Crippen LogP contribution >= 0.6 is 0 Å². The molecule has 1 saturated carbocycles. The molecule has 1 aromatic rings. The molecule has 3 atom stereocenters. The summed E-state index contributed by atoms with van der Waals surface area (Å²) >= 11 is 0. The molecule has 1 N–H and O–H groups in total. The van der Waals surface area contributed by atoms with Gasteiger partial charge in [0.05, 0.1) is 17.0 Å². The molecule has 3 fully saturated rings. The molecule has 2 heterocycles. The van der Waals surface area contributed by atoms with Crippen molar-refractivity contribution in [1.29, 1.82) is 0 Å². The fourth-order valence-electron chi connectivity index (χ4n) is 4.78. The molecule has 1 aromatic carbocycles. The van der Waals surface area contributed by atoms with E-state index in [4.69, 9.17) is 0 Å². The van der Waals surface area contributed by atoms with E-state index in [1.165, 1.54) is 12.0 Å². The minimum absolute atomic E-state index is 0.0777. The predicted molar refractivity (Wildman–Crippen MR) is 92.4 cm³/mol. The zero-order valence-electron chi connectivity index (χ0n) is 13.8. The molecule has 2 amide bonds. The molecule has 130 valence electrons. The van der Waals surface area contributed by atoms with E-state index in [1.807, 2.05) is 23.1 Å². The van der Waals surface area contributed by atoms with Crippen molar-refractivity contribution in [1.82, 2.24) is 10.2 Å². The minimum Gasteiger partial charge on any atom is -0.334 e. The molecule has 0 aromatic heterocycles. The molecule has 4 rings (SSSR count). The first-order valence-electron chi connectivity index (χ1n) is 8.85. The number of carbonyl (C=O) groups is 1. The van der Waals surface area contributed by atoms with Crippen LogP contribution in [0, 0.1) is 5.92 Å². The van der Waals surface area contributed by atoms with Gasteiger partial charge in [0.15, 0.2) is 9.84 Å². The number of urea groups is 1. The monoisotopic (exact) mass is 348 g/mol. The Morgan fingerprint density at radius 1 is 1.17 bits per heavy atom. The third-order valence-corrected chi connectivity index (χ3v) is 7.77. The van der Waals surface area contributed by atoms with Gasteiger partial charge >= 0.3 is 6.03 Å². The zero-order chi connectivity index (χ0) is 16.8. The largest absolute Gasteiger partial charge is 0.334 e. The lowest BCUT2D eigenvalue weighted by atomic mass is 9.62. The normalized spacial score (nSPS) is 34.2. The molecule has 2 saturated heterocycles. The van der Waals surface area contributed by atoms with E-state index < -0.39 is 9.84 Å². The third kappa shape index (κ3) is 2.51. The van der Waals surface area contributed by atoms with Crippen LogP contribution in [0.25, 0.3) is 0 Å². The summed E-state index contributed by atoms with van der Waals surface area (Å²) in [5.41, 5.74) is 1.02. The van der Waals surface area contributed by atoms with Crippen molar-refractivity contribution in [2.75, 3.05) is 18.1 Å². The highest BCUT2D eigenvalue weighted by Gasteiger charge is 2.57. The van der Waals surface area contributed by atoms with Gasteiger partial charge in [0.1, 0.15) is 0 Å². The Morgan fingerprint density at radius 3 is 2.62 bits per heavy atom. The lowest BCUT2D eigenvalue weighted by Crippen LogP contribution is -2.69. The summed E-state index contributed by atoms with van der Waals surface area (Å²) in [4.78, 5) is 14.8. The number of amides is 2. The van der Waals surface area contributed by atoms with Crippen molar-refractivity contribution >= 4 is 15.9 Å². The van der Waals surface area contributed by atoms with Gasteiger partial charge in [-0.25, -0.2) is 13.2 Å². The van der Waals surface area contributed by atoms with Crippen molar-refractivity contribution < 1.29 is 13.2 Å². The molecule has 0 bridgehead atoms. The van der Waals surface area contributed by atoms with Gasteiger partial charge in [0.2, 0.25) is 0 Å². The molecule has 3 aliphatic rings. The second-order valence-corrected chi connectivity index (χ2v) is 9.62. The van der Waals surface area contributed by atoms with Crippen LogP contribution in [0.5, 0.6) is 0 Å². The second-order valence-electron chi connectivity index (χ2n) is 7.39. The minimum atomic E-state index is -2.98. The fourth-order valence-corrected chi connectivity index (χ4v) is 6.46. The maximum absolute atomic E-state index is 12.8. The smallest absolute Gasteiger partial charge is 0.318 e. The van der Waals surface area contributed by atoms with E-state index >= 15 is 0 Å². The van der Waals surface area contributed by atoms with Gasteiger partial charge in [-0.3, -0.25) is 0 Å². The summed E-state index contributed by atoms with van der Waals surface area (Å²) in [6, 6.07) is 9.98. The maximum atomic E-state index is 12.8. The number of benzene rings is 1. The van der Waals surface area contributed by atoms with Crippen LogP contribution < -0.4 is 5.32 Å². The van der Waals surface area contributed by atoms with Crippen molar-refractivity contribution in [2.45, 2.75) is 43.7 Å². The van der Waals surface area contributed by atoms with E-state index in [2.05, 4.69) is 17.4 Å². The Bertz CT molecular complexity index is 734. The van der Waals surface area contributed by atoms with Gasteiger partial charge in [0, 0.05) is 18.5 Å². The van der Waals surface area contributed by atoms with Crippen LogP contribution in [0.15, 0.2) is 30.3 Å². The van der Waals surface area contributed by atoms with Crippen LogP contribution in [-0.2, 0) is 15.4 Å². The first-order chi connectivity index (χ1) is 11.5. The third-order valence-electron chi connectivity index (χ3n) is 6.00. The molecule has 0 unspecified atom stereocenters. The first kappa shape index (κ1) is 15.9. The average molecular weight is 348 g/mol. The summed E-state index contributed by atoms with van der Waals surface area (Å²) in [5, 5.41) is 2.97. The molecule has 5 nitrogen and oxygen atoms in total. The molecule has 6 heteroatoms. The van der Waals surface area contributed by atoms with Crippen molar-refractivity contribution in [3.63, 3.8) is 0 Å². The Morgan fingerprint density at radius 2 is 1.96 bits per heavy atom. The number of nitrogens with zero attached hydrogens (tertiary/aromatic N) is 1. The van der Waals surface area contributed by atoms with Crippen molar-refractivity contribution in [2.24, 2.45) is 5.92 Å². The van der Waals surface area contributed by atoms with E-state index in [0.717, 1.165) is 25.8 Å². The van der Waals surface area contributed by atoms with Gasteiger partial charge in [-0.2, -0.15) is 0 Å². The average Bonchev–Trinajstić information content (AvgIpc) is 2.88. The number of sulfone groups is 1. The fraction of sp³-hybridized carbons (Fsp3) is 0.611. The highest BCUT2D eigenvalue weighted by atomic mass is 32.2. The van der Waals surface area contributed by atoms with Gasteiger partial charge in [-0.15, -0.1) is 0 Å². The van der Waals surface area contributed by atoms with Crippen LogP contribution in [0.2, 0.25) is 0 Å². The molecular formula is C18H24N2O3S. The summed E-state index contributed by atoms with van der Waals surface area (Å²) in [6.07, 6.45) is 5.06. The predicted octanol–water partition coefficient (Wildman–Crippen LogP) is 2.28. The quantitative estimate of drug-likeness (QED) is 0.892. The molecule has 0 radical (unpaired) electrons. The summed E-state index contributed by atoms with van der Waals surface area (Å²) in [6.45, 7) is 0.778. The SMILES string of the molecule is O=C(N[C@@H]1CCS(=O)(=O)C1)N1C[C@H]2CCCC[C@]21c1ccccc1. The summed E-state index contributed by atoms with van der Waals surface area (Å²) in [5.74, 6) is 0.783. The number of carbonyl (C=O) groups excluding carboxylic acids is 1. The van der Waals surface area contributed by atoms with E-state index in [9.17, 15) is 13.2 Å². The molecular weight excluding hydrogens is 324 g/mol. The van der Waals surface area contributed by atoms with Gasteiger partial charge < -0.3 is 10.2 Å². The summed E-state index contributed by atoms with van der Waals surface area (Å²) in [7, 11) is -2.98. The van der Waals surface area contributed by atoms with Gasteiger partial charge in [-0.1, -0.05) is 43.2 Å². The highest BCUT2D eigenvalue weighted by molar-refractivity contribution is 7.91. The molecule has 1 aliphatic carbocycles. The Labute approximate surface area is 143 Å². The number of hydrogen-bond donors (Lipinski definition) is 1. The Balaban J connectivity index is 1.55. The Kier molecular flexibility index (Phi) is 3.82. The van der Waals surface area contributed by atoms with Crippen LogP contribution in [0.4, 0.5) is 4.79 Å². The molecule has 24 heavy (non-hydrogen) atoms. The zero-order valence-corrected chi connectivity index (χ0v) is 14.6. The number of nitrogens with one attached hydrogen (secondary N) is 1. The first-order valence-corrected chi connectivity index (χ1v) is 10.7. The number of rotatable bonds is 2. The standard InChI is InChI=1S/C18H24N2O3S/c21-17(19-16-9-11-24(22,23)13-16)20-12-15-8-4-5-10-18(15,20)14-6-2-1-3-7-14/h1-3,6-7,15-16H,4-5,8-13H2,(H,19,21)/t15-,16-,18+/m1/s1. The number of likely N-dealkylation sites (tertiary alicyclic amines) is 1. The number of fused-ring (bicyclic) bond motifs is 1. The number of hydrogen-bond acceptors (Lipinski definition) is 3. The van der Waals surface area contributed by atoms with Crippen molar-refractivity contribution in [3.05, 3.63) is 35.9 Å². The van der Waals surface area contributed by atoms with Gasteiger partial charge in [-0.05, 0) is 24.8 Å². The van der Waals surface area contributed by atoms with E-state index in [-0.39, 0.29) is 29.1 Å². The van der Waals surface area contributed by atoms with Gasteiger partial charge in [0.25, 0.3) is 0 Å². The van der Waals surface area contributed by atoms with Crippen LogP contribution in [0.1, 0.15) is 37.7 Å². The second kappa shape index (κ2) is 5.76. The van der Waals surface area contributed by atoms with Crippen molar-refractivity contribution in [3.8, 4) is 0 Å². The van der Waals surface area contributed by atoms with Crippen LogP contribution in [0.3, 0.4) is 0 Å². The molecule has 0 spiro atoms. The van der Waals surface area contributed by atoms with E-state index in [1.54, 1.807) is 0 Å². The summed E-state index contributed by atoms with van der Waals surface area (Å²) < 4.78 is 23.2. The van der Waals surface area contributed by atoms with E-state index in [0.29, 0.717) is 12.3 Å². The lowest BCUT2D eigenvalue weighted by Gasteiger charge is -2.61. The molecule has 2 aliphatic heterocycles. The highest BCUT2D eigenvalue weighted by Crippen LogP contribution is 2.53. The topological polar surface area (TPSA) is 66.5 Å². The lowest BCUT2D eigenvalue weighted by molar-refractivity contribution is -0.0797. The maximum Gasteiger partial charge on any atom is 0.318 e. The van der Waals surface area contributed by atoms with Crippen LogP contribution in [-0.4, -0.2) is 43.4 Å². The Hall–Kier alpha value is -1.56.